The summed E-state index contributed by atoms with van der Waals surface area (Å²) in [6.07, 6.45) is 0. The van der Waals surface area contributed by atoms with Crippen molar-refractivity contribution in [2.45, 2.75) is 11.4 Å². The van der Waals surface area contributed by atoms with Gasteiger partial charge in [0.15, 0.2) is 0 Å². The largest absolute Gasteiger partial charge is 0.497 e. The molecule has 122 valence electrons. The van der Waals surface area contributed by atoms with Crippen LogP contribution in [0.3, 0.4) is 0 Å². The minimum Gasteiger partial charge on any atom is -0.497 e. The molecular weight excluding hydrogens is 324 g/mol. The molecule has 2 aromatic carbocycles. The highest BCUT2D eigenvalue weighted by molar-refractivity contribution is 7.85. The summed E-state index contributed by atoms with van der Waals surface area (Å²) in [6.45, 7) is -0.0389. The minimum absolute atomic E-state index is 0.0389. The third-order valence-corrected chi connectivity index (χ3v) is 4.28. The fourth-order valence-electron chi connectivity index (χ4n) is 1.91. The number of benzene rings is 2. The lowest BCUT2D eigenvalue weighted by atomic mass is 10.2. The summed E-state index contributed by atoms with van der Waals surface area (Å²) in [4.78, 5) is 12.3. The Labute approximate surface area is 134 Å². The van der Waals surface area contributed by atoms with E-state index in [0.717, 1.165) is 18.2 Å². The van der Waals surface area contributed by atoms with Gasteiger partial charge in [-0.25, -0.2) is 8.78 Å². The fourth-order valence-corrected chi connectivity index (χ4v) is 2.89. The number of halogens is 2. The lowest BCUT2D eigenvalue weighted by molar-refractivity contribution is -0.118. The average molecular weight is 339 g/mol. The highest BCUT2D eigenvalue weighted by Gasteiger charge is 2.11. The van der Waals surface area contributed by atoms with Gasteiger partial charge in [0.25, 0.3) is 0 Å². The number of methoxy groups -OCH3 is 1. The van der Waals surface area contributed by atoms with E-state index < -0.39 is 28.3 Å². The second-order valence-corrected chi connectivity index (χ2v) is 6.17. The maximum atomic E-state index is 13.0. The van der Waals surface area contributed by atoms with Gasteiger partial charge in [0.2, 0.25) is 5.91 Å². The highest BCUT2D eigenvalue weighted by atomic mass is 32.2. The maximum absolute atomic E-state index is 13.0. The van der Waals surface area contributed by atoms with Crippen LogP contribution in [0.15, 0.2) is 47.4 Å². The van der Waals surface area contributed by atoms with Crippen molar-refractivity contribution in [2.24, 2.45) is 0 Å². The van der Waals surface area contributed by atoms with Crippen molar-refractivity contribution in [3.63, 3.8) is 0 Å². The Morgan fingerprint density at radius 1 is 1.17 bits per heavy atom. The molecule has 0 saturated heterocycles. The first-order chi connectivity index (χ1) is 11.0. The third-order valence-electron chi connectivity index (χ3n) is 2.98. The van der Waals surface area contributed by atoms with Crippen LogP contribution in [0.4, 0.5) is 8.78 Å². The molecule has 4 nitrogen and oxygen atoms in total. The highest BCUT2D eigenvalue weighted by Crippen LogP contribution is 2.15. The molecule has 0 spiro atoms. The van der Waals surface area contributed by atoms with E-state index >= 15 is 0 Å². The summed E-state index contributed by atoms with van der Waals surface area (Å²) in [5.41, 5.74) is 0.294. The zero-order chi connectivity index (χ0) is 16.8. The zero-order valence-corrected chi connectivity index (χ0v) is 13.2. The molecule has 0 aliphatic heterocycles. The molecule has 0 aliphatic carbocycles. The summed E-state index contributed by atoms with van der Waals surface area (Å²) in [7, 11) is -0.0393. The monoisotopic (exact) mass is 339 g/mol. The Kier molecular flexibility index (Phi) is 5.81. The molecule has 0 bridgehead atoms. The van der Waals surface area contributed by atoms with Crippen LogP contribution >= 0.6 is 0 Å². The molecular formula is C16H15F2NO3S. The predicted octanol–water partition coefficient (Wildman–Crippen LogP) is 2.40. The predicted molar refractivity (Wildman–Crippen MR) is 82.5 cm³/mol. The molecule has 0 heterocycles. The quantitative estimate of drug-likeness (QED) is 0.879. The van der Waals surface area contributed by atoms with E-state index in [0.29, 0.717) is 16.2 Å². The first kappa shape index (κ1) is 17.1. The van der Waals surface area contributed by atoms with E-state index in [-0.39, 0.29) is 12.3 Å². The van der Waals surface area contributed by atoms with E-state index in [1.165, 1.54) is 7.11 Å². The van der Waals surface area contributed by atoms with Gasteiger partial charge < -0.3 is 10.1 Å². The Bertz CT molecular complexity index is 717. The molecule has 0 aliphatic rings. The van der Waals surface area contributed by atoms with E-state index in [4.69, 9.17) is 4.74 Å². The first-order valence-corrected chi connectivity index (χ1v) is 8.04. The Morgan fingerprint density at radius 2 is 1.87 bits per heavy atom. The molecule has 0 radical (unpaired) electrons. The molecule has 1 atom stereocenters. The van der Waals surface area contributed by atoms with Gasteiger partial charge in [-0.1, -0.05) is 6.07 Å². The van der Waals surface area contributed by atoms with Crippen molar-refractivity contribution >= 4 is 16.7 Å². The number of nitrogens with one attached hydrogen (secondary N) is 1. The molecule has 2 rings (SSSR count). The summed E-state index contributed by atoms with van der Waals surface area (Å²) < 4.78 is 43.2. The smallest absolute Gasteiger partial charge is 0.233 e. The van der Waals surface area contributed by atoms with Crippen LogP contribution in [0.2, 0.25) is 0 Å². The van der Waals surface area contributed by atoms with Crippen LogP contribution in [0.1, 0.15) is 5.56 Å². The Balaban J connectivity index is 1.92. The van der Waals surface area contributed by atoms with Crippen molar-refractivity contribution in [3.8, 4) is 5.75 Å². The molecule has 0 fully saturated rings. The minimum atomic E-state index is -1.53. The molecule has 0 saturated carbocycles. The number of amides is 1. The second-order valence-electron chi connectivity index (χ2n) is 4.72. The summed E-state index contributed by atoms with van der Waals surface area (Å²) in [6, 6.07) is 9.62. The lowest BCUT2D eigenvalue weighted by Gasteiger charge is -2.07. The molecule has 1 amide bonds. The SMILES string of the molecule is COc1cccc([S@@](=O)CC(=O)NCc2cc(F)cc(F)c2)c1. The standard InChI is InChI=1S/C16H15F2NO3S/c1-22-14-3-2-4-15(8-14)23(21)10-16(20)19-9-11-5-12(17)7-13(18)6-11/h2-8H,9-10H2,1H3,(H,19,20)/t23-/m0/s1. The number of carbonyl (C=O) groups excluding carboxylic acids is 1. The topological polar surface area (TPSA) is 55.4 Å². The average Bonchev–Trinajstić information content (AvgIpc) is 2.52. The van der Waals surface area contributed by atoms with Crippen molar-refractivity contribution in [1.29, 1.82) is 0 Å². The molecule has 0 unspecified atom stereocenters. The van der Waals surface area contributed by atoms with E-state index in [1.807, 2.05) is 0 Å². The van der Waals surface area contributed by atoms with Crippen LogP contribution in [-0.2, 0) is 22.1 Å². The summed E-state index contributed by atoms with van der Waals surface area (Å²) in [5, 5.41) is 2.49. The normalized spacial score (nSPS) is 11.8. The van der Waals surface area contributed by atoms with E-state index in [1.54, 1.807) is 24.3 Å². The third kappa shape index (κ3) is 5.14. The van der Waals surface area contributed by atoms with Gasteiger partial charge in [-0.3, -0.25) is 9.00 Å². The van der Waals surface area contributed by atoms with E-state index in [9.17, 15) is 17.8 Å². The number of ether oxygens (including phenoxy) is 1. The van der Waals surface area contributed by atoms with Crippen LogP contribution in [-0.4, -0.2) is 23.0 Å². The van der Waals surface area contributed by atoms with Crippen LogP contribution in [0.25, 0.3) is 0 Å². The second kappa shape index (κ2) is 7.82. The number of hydrogen-bond donors (Lipinski definition) is 1. The zero-order valence-electron chi connectivity index (χ0n) is 12.3. The van der Waals surface area contributed by atoms with Gasteiger partial charge in [-0.05, 0) is 35.9 Å². The lowest BCUT2D eigenvalue weighted by Crippen LogP contribution is -2.28. The number of hydrogen-bond acceptors (Lipinski definition) is 3. The van der Waals surface area contributed by atoms with Gasteiger partial charge in [0.05, 0.1) is 17.9 Å². The molecule has 0 aromatic heterocycles. The molecule has 7 heteroatoms. The van der Waals surface area contributed by atoms with Crippen LogP contribution in [0, 0.1) is 11.6 Å². The van der Waals surface area contributed by atoms with Gasteiger partial charge in [0, 0.05) is 17.5 Å². The number of carbonyl (C=O) groups is 1. The van der Waals surface area contributed by atoms with Gasteiger partial charge >= 0.3 is 0 Å². The van der Waals surface area contributed by atoms with Gasteiger partial charge in [-0.15, -0.1) is 0 Å². The Hall–Kier alpha value is -2.28. The van der Waals surface area contributed by atoms with Gasteiger partial charge in [0.1, 0.15) is 23.1 Å². The van der Waals surface area contributed by atoms with E-state index in [2.05, 4.69) is 5.32 Å². The maximum Gasteiger partial charge on any atom is 0.233 e. The fraction of sp³-hybridized carbons (Fsp3) is 0.188. The van der Waals surface area contributed by atoms with Crippen molar-refractivity contribution in [3.05, 3.63) is 59.7 Å². The number of rotatable bonds is 6. The summed E-state index contributed by atoms with van der Waals surface area (Å²) in [5.74, 6) is -1.60. The van der Waals surface area contributed by atoms with Crippen LogP contribution in [0.5, 0.6) is 5.75 Å². The Morgan fingerprint density at radius 3 is 2.52 bits per heavy atom. The van der Waals surface area contributed by atoms with Crippen molar-refractivity contribution in [2.75, 3.05) is 12.9 Å². The molecule has 2 aromatic rings. The molecule has 1 N–H and O–H groups in total. The van der Waals surface area contributed by atoms with Crippen molar-refractivity contribution in [1.82, 2.24) is 5.32 Å². The summed E-state index contributed by atoms with van der Waals surface area (Å²) >= 11 is 0. The van der Waals surface area contributed by atoms with Gasteiger partial charge in [-0.2, -0.15) is 0 Å². The first-order valence-electron chi connectivity index (χ1n) is 6.72. The van der Waals surface area contributed by atoms with Crippen LogP contribution < -0.4 is 10.1 Å². The molecule has 23 heavy (non-hydrogen) atoms. The van der Waals surface area contributed by atoms with Crippen molar-refractivity contribution < 1.29 is 22.5 Å².